The second-order valence-electron chi connectivity index (χ2n) is 3.93. The van der Waals surface area contributed by atoms with Crippen molar-refractivity contribution in [2.75, 3.05) is 7.05 Å². The maximum atomic E-state index is 5.66. The van der Waals surface area contributed by atoms with Gasteiger partial charge in [0.05, 0.1) is 12.2 Å². The van der Waals surface area contributed by atoms with Gasteiger partial charge in [-0.15, -0.1) is 0 Å². The Balaban J connectivity index is 2.09. The predicted molar refractivity (Wildman–Crippen MR) is 50.5 cm³/mol. The number of hydrogen-bond donors (Lipinski definition) is 1. The van der Waals surface area contributed by atoms with E-state index in [-0.39, 0.29) is 6.04 Å². The first-order chi connectivity index (χ1) is 6.22. The molecule has 1 aromatic rings. The Labute approximate surface area is 78.5 Å². The normalized spacial score (nSPS) is 28.8. The summed E-state index contributed by atoms with van der Waals surface area (Å²) < 4.78 is 5.66. The molecular formula is C10H16N2O. The van der Waals surface area contributed by atoms with Crippen molar-refractivity contribution in [3.05, 3.63) is 17.8 Å². The smallest absolute Gasteiger partial charge is 0.211 e. The molecule has 3 atom stereocenters. The van der Waals surface area contributed by atoms with Gasteiger partial charge < -0.3 is 9.73 Å². The van der Waals surface area contributed by atoms with E-state index in [2.05, 4.69) is 17.2 Å². The minimum atomic E-state index is 0.211. The SMILES string of the molecule is CNC(C)c1ncc(C2CC2C)o1. The third-order valence-corrected chi connectivity index (χ3v) is 2.82. The molecule has 1 saturated carbocycles. The van der Waals surface area contributed by atoms with Gasteiger partial charge in [-0.3, -0.25) is 0 Å². The molecule has 1 N–H and O–H groups in total. The maximum absolute atomic E-state index is 5.66. The minimum absolute atomic E-state index is 0.211. The van der Waals surface area contributed by atoms with Crippen LogP contribution >= 0.6 is 0 Å². The summed E-state index contributed by atoms with van der Waals surface area (Å²) >= 11 is 0. The summed E-state index contributed by atoms with van der Waals surface area (Å²) in [6.45, 7) is 4.29. The molecule has 1 aliphatic carbocycles. The highest BCUT2D eigenvalue weighted by molar-refractivity contribution is 5.12. The Morgan fingerprint density at radius 1 is 1.69 bits per heavy atom. The van der Waals surface area contributed by atoms with Crippen molar-refractivity contribution in [2.45, 2.75) is 32.2 Å². The molecule has 13 heavy (non-hydrogen) atoms. The molecule has 0 bridgehead atoms. The molecular weight excluding hydrogens is 164 g/mol. The van der Waals surface area contributed by atoms with Gasteiger partial charge in [0, 0.05) is 5.92 Å². The number of nitrogens with zero attached hydrogens (tertiary/aromatic N) is 1. The summed E-state index contributed by atoms with van der Waals surface area (Å²) in [6.07, 6.45) is 3.12. The lowest BCUT2D eigenvalue weighted by molar-refractivity contribution is 0.405. The summed E-state index contributed by atoms with van der Waals surface area (Å²) in [5.74, 6) is 3.28. The molecule has 0 amide bonds. The molecule has 1 aromatic heterocycles. The van der Waals surface area contributed by atoms with Gasteiger partial charge in [0.15, 0.2) is 0 Å². The molecule has 0 spiro atoms. The number of nitrogens with one attached hydrogen (secondary N) is 1. The van der Waals surface area contributed by atoms with Crippen molar-refractivity contribution >= 4 is 0 Å². The van der Waals surface area contributed by atoms with Crippen LogP contribution in [0.1, 0.15) is 43.9 Å². The van der Waals surface area contributed by atoms with Gasteiger partial charge >= 0.3 is 0 Å². The van der Waals surface area contributed by atoms with Crippen molar-refractivity contribution in [3.63, 3.8) is 0 Å². The van der Waals surface area contributed by atoms with Gasteiger partial charge in [-0.1, -0.05) is 6.92 Å². The van der Waals surface area contributed by atoms with Crippen molar-refractivity contribution in [3.8, 4) is 0 Å². The number of aromatic nitrogens is 1. The van der Waals surface area contributed by atoms with E-state index in [1.165, 1.54) is 6.42 Å². The zero-order chi connectivity index (χ0) is 9.42. The summed E-state index contributed by atoms with van der Waals surface area (Å²) in [5.41, 5.74) is 0. The Morgan fingerprint density at radius 3 is 2.92 bits per heavy atom. The average Bonchev–Trinajstić information content (AvgIpc) is 2.70. The van der Waals surface area contributed by atoms with Crippen LogP contribution in [0.5, 0.6) is 0 Å². The van der Waals surface area contributed by atoms with Gasteiger partial charge in [-0.25, -0.2) is 4.98 Å². The van der Waals surface area contributed by atoms with Crippen molar-refractivity contribution in [1.29, 1.82) is 0 Å². The highest BCUT2D eigenvalue weighted by Crippen LogP contribution is 2.47. The zero-order valence-electron chi connectivity index (χ0n) is 8.37. The topological polar surface area (TPSA) is 38.1 Å². The number of oxazole rings is 1. The quantitative estimate of drug-likeness (QED) is 0.774. The van der Waals surface area contributed by atoms with Gasteiger partial charge in [0.1, 0.15) is 5.76 Å². The van der Waals surface area contributed by atoms with E-state index >= 15 is 0 Å². The van der Waals surface area contributed by atoms with Gasteiger partial charge in [-0.2, -0.15) is 0 Å². The third kappa shape index (κ3) is 1.61. The van der Waals surface area contributed by atoms with Crippen LogP contribution in [0, 0.1) is 5.92 Å². The molecule has 1 fully saturated rings. The maximum Gasteiger partial charge on any atom is 0.211 e. The first kappa shape index (κ1) is 8.75. The van der Waals surface area contributed by atoms with Crippen molar-refractivity contribution < 1.29 is 4.42 Å². The fourth-order valence-electron chi connectivity index (χ4n) is 1.51. The first-order valence-electron chi connectivity index (χ1n) is 4.85. The lowest BCUT2D eigenvalue weighted by Gasteiger charge is -2.03. The molecule has 0 aromatic carbocycles. The Morgan fingerprint density at radius 2 is 2.38 bits per heavy atom. The highest BCUT2D eigenvalue weighted by Gasteiger charge is 2.37. The molecule has 3 nitrogen and oxygen atoms in total. The second kappa shape index (κ2) is 3.14. The molecule has 3 unspecified atom stereocenters. The van der Waals surface area contributed by atoms with E-state index in [9.17, 15) is 0 Å². The second-order valence-corrected chi connectivity index (χ2v) is 3.93. The first-order valence-corrected chi connectivity index (χ1v) is 4.85. The molecule has 1 heterocycles. The highest BCUT2D eigenvalue weighted by atomic mass is 16.4. The predicted octanol–water partition coefficient (Wildman–Crippen LogP) is 2.08. The van der Waals surface area contributed by atoms with Crippen LogP contribution in [-0.2, 0) is 0 Å². The fraction of sp³-hybridized carbons (Fsp3) is 0.700. The van der Waals surface area contributed by atoms with Crippen LogP contribution in [0.15, 0.2) is 10.6 Å². The summed E-state index contributed by atoms with van der Waals surface area (Å²) in [4.78, 5) is 4.25. The van der Waals surface area contributed by atoms with Crippen LogP contribution in [0.3, 0.4) is 0 Å². The van der Waals surface area contributed by atoms with Crippen LogP contribution < -0.4 is 5.32 Å². The molecule has 2 rings (SSSR count). The van der Waals surface area contributed by atoms with E-state index in [1.807, 2.05) is 20.2 Å². The molecule has 0 saturated heterocycles. The monoisotopic (exact) mass is 180 g/mol. The number of hydrogen-bond acceptors (Lipinski definition) is 3. The van der Waals surface area contributed by atoms with E-state index in [1.54, 1.807) is 0 Å². The Kier molecular flexibility index (Phi) is 2.12. The molecule has 1 aliphatic rings. The minimum Gasteiger partial charge on any atom is -0.444 e. The van der Waals surface area contributed by atoms with E-state index in [4.69, 9.17) is 4.42 Å². The van der Waals surface area contributed by atoms with E-state index in [0.29, 0.717) is 5.92 Å². The lowest BCUT2D eigenvalue weighted by Crippen LogP contribution is -2.12. The zero-order valence-corrected chi connectivity index (χ0v) is 8.37. The average molecular weight is 180 g/mol. The Bertz CT molecular complexity index is 276. The summed E-state index contributed by atoms with van der Waals surface area (Å²) in [5, 5.41) is 3.11. The summed E-state index contributed by atoms with van der Waals surface area (Å²) in [7, 11) is 1.91. The standard InChI is InChI=1S/C10H16N2O/c1-6-4-8(6)9-5-12-10(13-9)7(2)11-3/h5-8,11H,4H2,1-3H3. The van der Waals surface area contributed by atoms with Gasteiger partial charge in [0.25, 0.3) is 0 Å². The van der Waals surface area contributed by atoms with Crippen LogP contribution in [0.25, 0.3) is 0 Å². The number of rotatable bonds is 3. The lowest BCUT2D eigenvalue weighted by atomic mass is 10.3. The molecule has 3 heteroatoms. The fourth-order valence-corrected chi connectivity index (χ4v) is 1.51. The van der Waals surface area contributed by atoms with Crippen LogP contribution in [0.4, 0.5) is 0 Å². The molecule has 72 valence electrons. The van der Waals surface area contributed by atoms with E-state index in [0.717, 1.165) is 17.6 Å². The van der Waals surface area contributed by atoms with E-state index < -0.39 is 0 Å². The Hall–Kier alpha value is -0.830. The van der Waals surface area contributed by atoms with Crippen molar-refractivity contribution in [2.24, 2.45) is 5.92 Å². The largest absolute Gasteiger partial charge is 0.444 e. The molecule has 0 radical (unpaired) electrons. The third-order valence-electron chi connectivity index (χ3n) is 2.82. The van der Waals surface area contributed by atoms with Gasteiger partial charge in [0.2, 0.25) is 5.89 Å². The van der Waals surface area contributed by atoms with Crippen LogP contribution in [-0.4, -0.2) is 12.0 Å². The van der Waals surface area contributed by atoms with Crippen LogP contribution in [0.2, 0.25) is 0 Å². The summed E-state index contributed by atoms with van der Waals surface area (Å²) in [6, 6.07) is 0.211. The van der Waals surface area contributed by atoms with Crippen molar-refractivity contribution in [1.82, 2.24) is 10.3 Å². The van der Waals surface area contributed by atoms with Gasteiger partial charge in [-0.05, 0) is 26.3 Å². The molecule has 0 aliphatic heterocycles.